The highest BCUT2D eigenvalue weighted by atomic mass is 19.1. The van der Waals surface area contributed by atoms with Gasteiger partial charge in [-0.05, 0) is 32.0 Å². The fourth-order valence-corrected chi connectivity index (χ4v) is 2.57. The topological polar surface area (TPSA) is 50.8 Å². The molecular weight excluding hydrogens is 275 g/mol. The molecule has 116 valence electrons. The van der Waals surface area contributed by atoms with Crippen LogP contribution in [0.15, 0.2) is 12.1 Å². The van der Waals surface area contributed by atoms with Gasteiger partial charge in [0.15, 0.2) is 11.5 Å². The highest BCUT2D eigenvalue weighted by Crippen LogP contribution is 2.30. The molecule has 1 fully saturated rings. The fourth-order valence-electron chi connectivity index (χ4n) is 2.57. The minimum absolute atomic E-state index is 0.00804. The summed E-state index contributed by atoms with van der Waals surface area (Å²) in [6.45, 7) is 1.74. The Hall–Kier alpha value is -1.82. The molecule has 1 amide bonds. The zero-order chi connectivity index (χ0) is 15.4. The van der Waals surface area contributed by atoms with E-state index >= 15 is 0 Å². The third-order valence-corrected chi connectivity index (χ3v) is 3.88. The van der Waals surface area contributed by atoms with Gasteiger partial charge in [-0.15, -0.1) is 0 Å². The van der Waals surface area contributed by atoms with Crippen molar-refractivity contribution in [3.63, 3.8) is 0 Å². The number of methoxy groups -OCH3 is 2. The van der Waals surface area contributed by atoms with Crippen LogP contribution in [0.3, 0.4) is 0 Å². The number of nitrogens with zero attached hydrogens (tertiary/aromatic N) is 1. The Kier molecular flexibility index (Phi) is 5.01. The van der Waals surface area contributed by atoms with Crippen molar-refractivity contribution >= 4 is 5.91 Å². The summed E-state index contributed by atoms with van der Waals surface area (Å²) >= 11 is 0. The summed E-state index contributed by atoms with van der Waals surface area (Å²) in [6, 6.07) is 2.71. The molecule has 0 saturated carbocycles. The van der Waals surface area contributed by atoms with Crippen molar-refractivity contribution in [2.45, 2.75) is 18.9 Å². The molecule has 0 aromatic heterocycles. The lowest BCUT2D eigenvalue weighted by Crippen LogP contribution is -2.44. The minimum atomic E-state index is -0.599. The molecule has 0 bridgehead atoms. The highest BCUT2D eigenvalue weighted by Gasteiger charge is 2.26. The zero-order valence-corrected chi connectivity index (χ0v) is 12.6. The normalized spacial score (nSPS) is 15.6. The van der Waals surface area contributed by atoms with Crippen LogP contribution in [0.1, 0.15) is 23.2 Å². The van der Waals surface area contributed by atoms with Gasteiger partial charge >= 0.3 is 0 Å². The molecule has 0 atom stereocenters. The van der Waals surface area contributed by atoms with Crippen molar-refractivity contribution in [3.8, 4) is 11.5 Å². The number of carbonyl (C=O) groups excluding carboxylic acids is 1. The van der Waals surface area contributed by atoms with Gasteiger partial charge in [-0.3, -0.25) is 4.79 Å². The van der Waals surface area contributed by atoms with E-state index in [1.54, 1.807) is 11.9 Å². The van der Waals surface area contributed by atoms with E-state index in [1.807, 2.05) is 0 Å². The molecule has 1 aromatic rings. The SMILES string of the molecule is COc1cc(F)c(C(=O)N(C)C2CCNCC2)cc1OC. The van der Waals surface area contributed by atoms with E-state index in [2.05, 4.69) is 5.32 Å². The molecule has 1 heterocycles. The van der Waals surface area contributed by atoms with Crippen molar-refractivity contribution in [1.29, 1.82) is 0 Å². The molecule has 1 N–H and O–H groups in total. The molecule has 0 aliphatic carbocycles. The van der Waals surface area contributed by atoms with E-state index in [9.17, 15) is 9.18 Å². The number of carbonyl (C=O) groups is 1. The number of ether oxygens (including phenoxy) is 2. The Morgan fingerprint density at radius 1 is 1.24 bits per heavy atom. The number of hydrogen-bond donors (Lipinski definition) is 1. The fraction of sp³-hybridized carbons (Fsp3) is 0.533. The van der Waals surface area contributed by atoms with Crippen LogP contribution >= 0.6 is 0 Å². The molecular formula is C15H21FN2O3. The molecule has 21 heavy (non-hydrogen) atoms. The first-order chi connectivity index (χ1) is 10.1. The van der Waals surface area contributed by atoms with Crippen molar-refractivity contribution in [2.24, 2.45) is 0 Å². The Labute approximate surface area is 124 Å². The summed E-state index contributed by atoms with van der Waals surface area (Å²) in [5.74, 6) is -0.309. The number of hydrogen-bond acceptors (Lipinski definition) is 4. The molecule has 6 heteroatoms. The van der Waals surface area contributed by atoms with Gasteiger partial charge in [0, 0.05) is 19.2 Å². The first-order valence-corrected chi connectivity index (χ1v) is 6.98. The average molecular weight is 296 g/mol. The van der Waals surface area contributed by atoms with Gasteiger partial charge in [-0.2, -0.15) is 0 Å². The molecule has 1 saturated heterocycles. The van der Waals surface area contributed by atoms with E-state index in [-0.39, 0.29) is 23.3 Å². The second-order valence-electron chi connectivity index (χ2n) is 5.08. The van der Waals surface area contributed by atoms with E-state index in [0.717, 1.165) is 25.9 Å². The zero-order valence-electron chi connectivity index (χ0n) is 12.6. The van der Waals surface area contributed by atoms with Crippen LogP contribution < -0.4 is 14.8 Å². The Morgan fingerprint density at radius 3 is 2.38 bits per heavy atom. The molecule has 2 rings (SSSR count). The molecule has 1 aliphatic rings. The van der Waals surface area contributed by atoms with E-state index < -0.39 is 5.82 Å². The van der Waals surface area contributed by atoms with E-state index in [1.165, 1.54) is 26.4 Å². The molecule has 1 aliphatic heterocycles. The van der Waals surface area contributed by atoms with E-state index in [4.69, 9.17) is 9.47 Å². The lowest BCUT2D eigenvalue weighted by Gasteiger charge is -2.31. The number of nitrogens with one attached hydrogen (secondary N) is 1. The number of piperidine rings is 1. The molecule has 1 aromatic carbocycles. The van der Waals surface area contributed by atoms with Crippen LogP contribution in [0.25, 0.3) is 0 Å². The molecule has 0 radical (unpaired) electrons. The predicted molar refractivity (Wildman–Crippen MR) is 77.5 cm³/mol. The monoisotopic (exact) mass is 296 g/mol. The third-order valence-electron chi connectivity index (χ3n) is 3.88. The van der Waals surface area contributed by atoms with Gasteiger partial charge in [-0.1, -0.05) is 0 Å². The van der Waals surface area contributed by atoms with Crippen LogP contribution in [0.4, 0.5) is 4.39 Å². The van der Waals surface area contributed by atoms with Gasteiger partial charge in [0.2, 0.25) is 0 Å². The third kappa shape index (κ3) is 3.26. The maximum absolute atomic E-state index is 14.1. The quantitative estimate of drug-likeness (QED) is 0.918. The van der Waals surface area contributed by atoms with Gasteiger partial charge < -0.3 is 19.7 Å². The van der Waals surface area contributed by atoms with Crippen LogP contribution in [-0.4, -0.2) is 51.2 Å². The summed E-state index contributed by atoms with van der Waals surface area (Å²) < 4.78 is 24.3. The van der Waals surface area contributed by atoms with Crippen molar-refractivity contribution < 1.29 is 18.7 Å². The second-order valence-corrected chi connectivity index (χ2v) is 5.08. The largest absolute Gasteiger partial charge is 0.493 e. The van der Waals surface area contributed by atoms with Gasteiger partial charge in [0.05, 0.1) is 19.8 Å². The second kappa shape index (κ2) is 6.76. The summed E-state index contributed by atoms with van der Waals surface area (Å²) in [5.41, 5.74) is 0.00804. The van der Waals surface area contributed by atoms with Crippen LogP contribution in [0.2, 0.25) is 0 Å². The van der Waals surface area contributed by atoms with Crippen LogP contribution in [0, 0.1) is 5.82 Å². The molecule has 0 spiro atoms. The number of halogens is 1. The van der Waals surface area contributed by atoms with E-state index in [0.29, 0.717) is 5.75 Å². The summed E-state index contributed by atoms with van der Waals surface area (Å²) in [4.78, 5) is 14.1. The Morgan fingerprint density at radius 2 is 1.81 bits per heavy atom. The van der Waals surface area contributed by atoms with Crippen LogP contribution in [-0.2, 0) is 0 Å². The van der Waals surface area contributed by atoms with Crippen molar-refractivity contribution in [3.05, 3.63) is 23.5 Å². The predicted octanol–water partition coefficient (Wildman–Crippen LogP) is 1.67. The lowest BCUT2D eigenvalue weighted by atomic mass is 10.0. The molecule has 5 nitrogen and oxygen atoms in total. The first-order valence-electron chi connectivity index (χ1n) is 6.98. The highest BCUT2D eigenvalue weighted by molar-refractivity contribution is 5.95. The molecule has 0 unspecified atom stereocenters. The summed E-state index contributed by atoms with van der Waals surface area (Å²) in [5, 5.41) is 3.24. The number of rotatable bonds is 4. The Balaban J connectivity index is 2.25. The van der Waals surface area contributed by atoms with Gasteiger partial charge in [0.1, 0.15) is 5.82 Å². The number of amides is 1. The first kappa shape index (κ1) is 15.6. The maximum Gasteiger partial charge on any atom is 0.256 e. The Bertz CT molecular complexity index is 516. The average Bonchev–Trinajstić information content (AvgIpc) is 2.54. The maximum atomic E-state index is 14.1. The van der Waals surface area contributed by atoms with Crippen LogP contribution in [0.5, 0.6) is 11.5 Å². The van der Waals surface area contributed by atoms with Gasteiger partial charge in [0.25, 0.3) is 5.91 Å². The standard InChI is InChI=1S/C15H21FN2O3/c1-18(10-4-6-17-7-5-10)15(19)11-8-13(20-2)14(21-3)9-12(11)16/h8-10,17H,4-7H2,1-3H3. The number of benzene rings is 1. The van der Waals surface area contributed by atoms with Crippen molar-refractivity contribution in [1.82, 2.24) is 10.2 Å². The summed E-state index contributed by atoms with van der Waals surface area (Å²) in [6.07, 6.45) is 1.74. The lowest BCUT2D eigenvalue weighted by molar-refractivity contribution is 0.0698. The van der Waals surface area contributed by atoms with Gasteiger partial charge in [-0.25, -0.2) is 4.39 Å². The minimum Gasteiger partial charge on any atom is -0.493 e. The summed E-state index contributed by atoms with van der Waals surface area (Å²) in [7, 11) is 4.61. The van der Waals surface area contributed by atoms with Crippen molar-refractivity contribution in [2.75, 3.05) is 34.4 Å². The smallest absolute Gasteiger partial charge is 0.256 e.